The minimum Gasteiger partial charge on any atom is -0.496 e. The van der Waals surface area contributed by atoms with Gasteiger partial charge in [0.2, 0.25) is 0 Å². The number of rotatable bonds is 4. The van der Waals surface area contributed by atoms with Crippen LogP contribution in [0.2, 0.25) is 10.0 Å². The van der Waals surface area contributed by atoms with Gasteiger partial charge in [-0.3, -0.25) is 4.98 Å². The van der Waals surface area contributed by atoms with Gasteiger partial charge in [0.25, 0.3) is 0 Å². The van der Waals surface area contributed by atoms with Gasteiger partial charge in [-0.05, 0) is 30.2 Å². The third kappa shape index (κ3) is 3.62. The number of halogens is 3. The highest BCUT2D eigenvalue weighted by Crippen LogP contribution is 2.36. The van der Waals surface area contributed by atoms with Crippen molar-refractivity contribution >= 4 is 39.1 Å². The zero-order chi connectivity index (χ0) is 13.8. The van der Waals surface area contributed by atoms with Crippen LogP contribution in [0, 0.1) is 0 Å². The van der Waals surface area contributed by atoms with E-state index in [2.05, 4.69) is 20.9 Å². The minimum absolute atomic E-state index is 0.0969. The van der Waals surface area contributed by atoms with Crippen LogP contribution in [0.4, 0.5) is 0 Å². The van der Waals surface area contributed by atoms with Gasteiger partial charge < -0.3 is 4.74 Å². The number of hydrogen-bond acceptors (Lipinski definition) is 2. The topological polar surface area (TPSA) is 22.1 Å². The van der Waals surface area contributed by atoms with Crippen LogP contribution in [0.15, 0.2) is 36.7 Å². The second-order valence-corrected chi connectivity index (χ2v) is 5.97. The number of ether oxygens (including phenoxy) is 1. The van der Waals surface area contributed by atoms with Crippen molar-refractivity contribution in [2.75, 3.05) is 7.11 Å². The maximum atomic E-state index is 6.12. The molecule has 0 saturated heterocycles. The van der Waals surface area contributed by atoms with Crippen molar-refractivity contribution in [3.05, 3.63) is 57.8 Å². The number of benzene rings is 1. The van der Waals surface area contributed by atoms with Crippen molar-refractivity contribution in [2.45, 2.75) is 11.2 Å². The fourth-order valence-corrected chi connectivity index (χ4v) is 2.90. The summed E-state index contributed by atoms with van der Waals surface area (Å²) in [6, 6.07) is 7.52. The van der Waals surface area contributed by atoms with Gasteiger partial charge >= 0.3 is 0 Å². The lowest BCUT2D eigenvalue weighted by atomic mass is 10.0. The summed E-state index contributed by atoms with van der Waals surface area (Å²) in [5.41, 5.74) is 2.08. The summed E-state index contributed by atoms with van der Waals surface area (Å²) in [4.78, 5) is 4.08. The van der Waals surface area contributed by atoms with Gasteiger partial charge in [0.1, 0.15) is 5.75 Å². The molecule has 0 aliphatic heterocycles. The summed E-state index contributed by atoms with van der Waals surface area (Å²) in [5, 5.41) is 1.32. The lowest BCUT2D eigenvalue weighted by molar-refractivity contribution is 0.409. The minimum atomic E-state index is 0.0969. The van der Waals surface area contributed by atoms with Gasteiger partial charge in [-0.25, -0.2) is 0 Å². The summed E-state index contributed by atoms with van der Waals surface area (Å²) >= 11 is 15.8. The number of pyridine rings is 1. The standard InChI is InChI=1S/C14H12BrCl2NO/c1-19-14-7-10(16)2-3-11(14)12(15)6-9-4-5-18-8-13(9)17/h2-5,7-8,12H,6H2,1H3. The molecule has 1 unspecified atom stereocenters. The fourth-order valence-electron chi connectivity index (χ4n) is 1.82. The summed E-state index contributed by atoms with van der Waals surface area (Å²) in [6.45, 7) is 0. The fraction of sp³-hybridized carbons (Fsp3) is 0.214. The quantitative estimate of drug-likeness (QED) is 0.709. The molecule has 0 spiro atoms. The molecule has 19 heavy (non-hydrogen) atoms. The number of nitrogens with zero attached hydrogens (tertiary/aromatic N) is 1. The summed E-state index contributed by atoms with van der Waals surface area (Å²) in [5.74, 6) is 0.763. The molecule has 1 aromatic heterocycles. The largest absolute Gasteiger partial charge is 0.496 e. The number of alkyl halides is 1. The molecular formula is C14H12BrCl2NO. The number of methoxy groups -OCH3 is 1. The molecule has 0 radical (unpaired) electrons. The van der Waals surface area contributed by atoms with E-state index < -0.39 is 0 Å². The molecular weight excluding hydrogens is 349 g/mol. The molecule has 0 amide bonds. The average molecular weight is 361 g/mol. The Kier molecular flexibility index (Phi) is 5.08. The van der Waals surface area contributed by atoms with E-state index >= 15 is 0 Å². The molecule has 0 fully saturated rings. The molecule has 5 heteroatoms. The van der Waals surface area contributed by atoms with E-state index in [1.54, 1.807) is 25.6 Å². The monoisotopic (exact) mass is 359 g/mol. The molecule has 0 saturated carbocycles. The smallest absolute Gasteiger partial charge is 0.124 e. The van der Waals surface area contributed by atoms with E-state index in [1.165, 1.54) is 0 Å². The highest BCUT2D eigenvalue weighted by atomic mass is 79.9. The average Bonchev–Trinajstić information content (AvgIpc) is 2.41. The van der Waals surface area contributed by atoms with Crippen LogP contribution < -0.4 is 4.74 Å². The van der Waals surface area contributed by atoms with Crippen LogP contribution in [-0.4, -0.2) is 12.1 Å². The van der Waals surface area contributed by atoms with Crippen molar-refractivity contribution in [1.29, 1.82) is 0 Å². The van der Waals surface area contributed by atoms with Crippen molar-refractivity contribution in [2.24, 2.45) is 0 Å². The third-order valence-corrected chi connectivity index (χ3v) is 4.18. The highest BCUT2D eigenvalue weighted by Gasteiger charge is 2.15. The first-order valence-electron chi connectivity index (χ1n) is 5.67. The molecule has 100 valence electrons. The molecule has 1 atom stereocenters. The van der Waals surface area contributed by atoms with Crippen LogP contribution in [-0.2, 0) is 6.42 Å². The van der Waals surface area contributed by atoms with Crippen LogP contribution in [0.25, 0.3) is 0 Å². The third-order valence-electron chi connectivity index (χ3n) is 2.79. The van der Waals surface area contributed by atoms with Crippen molar-refractivity contribution in [3.63, 3.8) is 0 Å². The Morgan fingerprint density at radius 1 is 1.32 bits per heavy atom. The maximum absolute atomic E-state index is 6.12. The Balaban J connectivity index is 2.25. The first kappa shape index (κ1) is 14.6. The van der Waals surface area contributed by atoms with Crippen LogP contribution in [0.3, 0.4) is 0 Å². The molecule has 2 aromatic rings. The molecule has 0 aliphatic carbocycles. The molecule has 1 aromatic carbocycles. The summed E-state index contributed by atoms with van der Waals surface area (Å²) < 4.78 is 5.36. The number of hydrogen-bond donors (Lipinski definition) is 0. The molecule has 0 N–H and O–H groups in total. The van der Waals surface area contributed by atoms with Crippen molar-refractivity contribution < 1.29 is 4.74 Å². The van der Waals surface area contributed by atoms with E-state index in [9.17, 15) is 0 Å². The van der Waals surface area contributed by atoms with Crippen LogP contribution in [0.1, 0.15) is 16.0 Å². The Morgan fingerprint density at radius 3 is 2.79 bits per heavy atom. The van der Waals surface area contributed by atoms with Crippen LogP contribution in [0.5, 0.6) is 5.75 Å². The Labute approximate surface area is 130 Å². The summed E-state index contributed by atoms with van der Waals surface area (Å²) in [6.07, 6.45) is 4.13. The lowest BCUT2D eigenvalue weighted by Gasteiger charge is -2.15. The molecule has 0 aliphatic rings. The van der Waals surface area contributed by atoms with E-state index in [1.807, 2.05) is 18.2 Å². The van der Waals surface area contributed by atoms with E-state index in [0.717, 1.165) is 23.3 Å². The zero-order valence-electron chi connectivity index (χ0n) is 10.2. The SMILES string of the molecule is COc1cc(Cl)ccc1C(Br)Cc1ccncc1Cl. The van der Waals surface area contributed by atoms with Crippen molar-refractivity contribution in [3.8, 4) is 5.75 Å². The first-order valence-corrected chi connectivity index (χ1v) is 7.35. The predicted octanol–water partition coefficient (Wildman–Crippen LogP) is 5.08. The predicted molar refractivity (Wildman–Crippen MR) is 82.6 cm³/mol. The van der Waals surface area contributed by atoms with Gasteiger partial charge in [0, 0.05) is 27.8 Å². The highest BCUT2D eigenvalue weighted by molar-refractivity contribution is 9.09. The van der Waals surface area contributed by atoms with E-state index in [-0.39, 0.29) is 4.83 Å². The van der Waals surface area contributed by atoms with Gasteiger partial charge in [0.05, 0.1) is 12.1 Å². The lowest BCUT2D eigenvalue weighted by Crippen LogP contribution is -1.99. The number of aromatic nitrogens is 1. The molecule has 1 heterocycles. The van der Waals surface area contributed by atoms with Crippen molar-refractivity contribution in [1.82, 2.24) is 4.98 Å². The normalized spacial score (nSPS) is 12.2. The van der Waals surface area contributed by atoms with E-state index in [4.69, 9.17) is 27.9 Å². The maximum Gasteiger partial charge on any atom is 0.124 e. The Bertz CT molecular complexity index is 577. The van der Waals surface area contributed by atoms with E-state index in [0.29, 0.717) is 10.0 Å². The zero-order valence-corrected chi connectivity index (χ0v) is 13.3. The van der Waals surface area contributed by atoms with Gasteiger partial charge in [0.15, 0.2) is 0 Å². The summed E-state index contributed by atoms with van der Waals surface area (Å²) in [7, 11) is 1.63. The second kappa shape index (κ2) is 6.60. The first-order chi connectivity index (χ1) is 9.11. The Hall–Kier alpha value is -0.770. The second-order valence-electron chi connectivity index (χ2n) is 4.03. The molecule has 0 bridgehead atoms. The van der Waals surface area contributed by atoms with Gasteiger partial charge in [-0.1, -0.05) is 45.2 Å². The molecule has 2 rings (SSSR count). The van der Waals surface area contributed by atoms with Crippen LogP contribution >= 0.6 is 39.1 Å². The molecule has 2 nitrogen and oxygen atoms in total. The Morgan fingerprint density at radius 2 is 2.11 bits per heavy atom. The van der Waals surface area contributed by atoms with Gasteiger partial charge in [-0.15, -0.1) is 0 Å². The van der Waals surface area contributed by atoms with Gasteiger partial charge in [-0.2, -0.15) is 0 Å².